The molecule has 0 amide bonds. The van der Waals surface area contributed by atoms with Gasteiger partial charge in [-0.3, -0.25) is 4.79 Å². The number of hydrogen-bond donors (Lipinski definition) is 1. The van der Waals surface area contributed by atoms with Gasteiger partial charge < -0.3 is 14.6 Å². The van der Waals surface area contributed by atoms with E-state index in [4.69, 9.17) is 9.47 Å². The Morgan fingerprint density at radius 2 is 2.00 bits per heavy atom. The number of carbonyl (C=O) groups excluding carboxylic acids is 1. The number of methoxy groups -OCH3 is 1. The molecule has 0 saturated carbocycles. The first-order valence-corrected chi connectivity index (χ1v) is 6.03. The fraction of sp³-hybridized carbons (Fsp3) is 0.500. The molecule has 4 nitrogen and oxygen atoms in total. The molecule has 1 rings (SSSR count). The smallest absolute Gasteiger partial charge is 0.312 e. The Bertz CT molecular complexity index is 387. The minimum atomic E-state index is -0.311. The molecule has 18 heavy (non-hydrogen) atoms. The molecule has 4 heteroatoms. The summed E-state index contributed by atoms with van der Waals surface area (Å²) in [6, 6.07) is 6.70. The van der Waals surface area contributed by atoms with E-state index >= 15 is 0 Å². The first-order valence-electron chi connectivity index (χ1n) is 6.03. The summed E-state index contributed by atoms with van der Waals surface area (Å²) in [4.78, 5) is 11.6. The Morgan fingerprint density at radius 3 is 2.56 bits per heavy atom. The zero-order chi connectivity index (χ0) is 13.5. The molecule has 1 aromatic rings. The van der Waals surface area contributed by atoms with Crippen molar-refractivity contribution in [3.63, 3.8) is 0 Å². The van der Waals surface area contributed by atoms with Gasteiger partial charge in [-0.15, -0.1) is 0 Å². The van der Waals surface area contributed by atoms with Crippen molar-refractivity contribution in [3.05, 3.63) is 24.3 Å². The lowest BCUT2D eigenvalue weighted by molar-refractivity contribution is -0.147. The zero-order valence-electron chi connectivity index (χ0n) is 11.1. The minimum absolute atomic E-state index is 0.0747. The van der Waals surface area contributed by atoms with Crippen LogP contribution in [0.3, 0.4) is 0 Å². The second-order valence-corrected chi connectivity index (χ2v) is 4.63. The van der Waals surface area contributed by atoms with Crippen molar-refractivity contribution in [2.45, 2.75) is 20.3 Å². The number of ether oxygens (including phenoxy) is 2. The average Bonchev–Trinajstić information content (AvgIpc) is 2.34. The molecule has 100 valence electrons. The zero-order valence-corrected chi connectivity index (χ0v) is 11.1. The summed E-state index contributed by atoms with van der Waals surface area (Å²) in [7, 11) is 1.37. The van der Waals surface area contributed by atoms with Crippen molar-refractivity contribution < 1.29 is 19.4 Å². The van der Waals surface area contributed by atoms with Gasteiger partial charge in [-0.2, -0.15) is 0 Å². The van der Waals surface area contributed by atoms with Gasteiger partial charge in [0.1, 0.15) is 6.61 Å². The number of carbonyl (C=O) groups is 1. The van der Waals surface area contributed by atoms with Gasteiger partial charge >= 0.3 is 5.97 Å². The van der Waals surface area contributed by atoms with Crippen molar-refractivity contribution in [1.82, 2.24) is 0 Å². The molecule has 0 bridgehead atoms. The van der Waals surface area contributed by atoms with E-state index in [0.29, 0.717) is 18.1 Å². The number of esters is 1. The molecule has 0 aliphatic rings. The fourth-order valence-corrected chi connectivity index (χ4v) is 1.74. The molecule has 0 fully saturated rings. The van der Waals surface area contributed by atoms with Crippen molar-refractivity contribution in [2.24, 2.45) is 11.8 Å². The van der Waals surface area contributed by atoms with Gasteiger partial charge in [0.2, 0.25) is 0 Å². The van der Waals surface area contributed by atoms with Crippen molar-refractivity contribution >= 4 is 5.97 Å². The van der Waals surface area contributed by atoms with Gasteiger partial charge in [-0.05, 0) is 24.5 Å². The van der Waals surface area contributed by atoms with Crippen molar-refractivity contribution in [3.8, 4) is 11.5 Å². The van der Waals surface area contributed by atoms with E-state index in [-0.39, 0.29) is 24.2 Å². The van der Waals surface area contributed by atoms with Gasteiger partial charge in [0.25, 0.3) is 0 Å². The van der Waals surface area contributed by atoms with Crippen LogP contribution < -0.4 is 4.74 Å². The molecule has 1 N–H and O–H groups in total. The molecule has 0 saturated heterocycles. The van der Waals surface area contributed by atoms with Crippen LogP contribution >= 0.6 is 0 Å². The summed E-state index contributed by atoms with van der Waals surface area (Å²) in [5, 5.41) is 9.56. The largest absolute Gasteiger partial charge is 0.504 e. The molecule has 0 aliphatic heterocycles. The Hall–Kier alpha value is -1.71. The van der Waals surface area contributed by atoms with Crippen LogP contribution in [-0.2, 0) is 9.53 Å². The maximum absolute atomic E-state index is 11.6. The summed E-state index contributed by atoms with van der Waals surface area (Å²) in [5.74, 6) is 0.247. The summed E-state index contributed by atoms with van der Waals surface area (Å²) in [6.07, 6.45) is 0.695. The van der Waals surface area contributed by atoms with Crippen LogP contribution in [-0.4, -0.2) is 24.8 Å². The van der Waals surface area contributed by atoms with Crippen molar-refractivity contribution in [2.75, 3.05) is 13.7 Å². The molecule has 1 unspecified atom stereocenters. The lowest BCUT2D eigenvalue weighted by atomic mass is 9.98. The third-order valence-corrected chi connectivity index (χ3v) is 2.60. The second-order valence-electron chi connectivity index (χ2n) is 4.63. The molecule has 0 aromatic heterocycles. The normalized spacial score (nSPS) is 12.2. The summed E-state index contributed by atoms with van der Waals surface area (Å²) < 4.78 is 10.2. The Labute approximate surface area is 108 Å². The van der Waals surface area contributed by atoms with E-state index in [1.165, 1.54) is 7.11 Å². The molecular formula is C14H20O4. The quantitative estimate of drug-likeness (QED) is 0.791. The Balaban J connectivity index is 2.62. The highest BCUT2D eigenvalue weighted by molar-refractivity contribution is 5.72. The number of phenols is 1. The highest BCUT2D eigenvalue weighted by Gasteiger charge is 2.21. The van der Waals surface area contributed by atoms with E-state index in [2.05, 4.69) is 0 Å². The maximum atomic E-state index is 11.6. The van der Waals surface area contributed by atoms with Crippen LogP contribution in [0.1, 0.15) is 20.3 Å². The SMILES string of the molecule is COC(=O)C(COc1ccccc1O)CC(C)C. The first kappa shape index (κ1) is 14.4. The number of hydrogen-bond acceptors (Lipinski definition) is 4. The second kappa shape index (κ2) is 6.89. The average molecular weight is 252 g/mol. The molecule has 1 atom stereocenters. The third-order valence-electron chi connectivity index (χ3n) is 2.60. The third kappa shape index (κ3) is 4.28. The summed E-state index contributed by atoms with van der Waals surface area (Å²) >= 11 is 0. The standard InChI is InChI=1S/C14H20O4/c1-10(2)8-11(14(16)17-3)9-18-13-7-5-4-6-12(13)15/h4-7,10-11,15H,8-9H2,1-3H3. The highest BCUT2D eigenvalue weighted by Crippen LogP contribution is 2.25. The molecular weight excluding hydrogens is 232 g/mol. The van der Waals surface area contributed by atoms with Crippen LogP contribution in [0.25, 0.3) is 0 Å². The van der Waals surface area contributed by atoms with E-state index in [1.54, 1.807) is 24.3 Å². The van der Waals surface area contributed by atoms with Crippen LogP contribution in [0.5, 0.6) is 11.5 Å². The Morgan fingerprint density at radius 1 is 1.33 bits per heavy atom. The van der Waals surface area contributed by atoms with E-state index in [0.717, 1.165) is 0 Å². The van der Waals surface area contributed by atoms with Crippen molar-refractivity contribution in [1.29, 1.82) is 0 Å². The van der Waals surface area contributed by atoms with Gasteiger partial charge in [0.05, 0.1) is 13.0 Å². The topological polar surface area (TPSA) is 55.8 Å². The Kier molecular flexibility index (Phi) is 5.49. The van der Waals surface area contributed by atoms with Crippen LogP contribution in [0.4, 0.5) is 0 Å². The van der Waals surface area contributed by atoms with Gasteiger partial charge in [0, 0.05) is 0 Å². The van der Waals surface area contributed by atoms with Gasteiger partial charge in [-0.25, -0.2) is 0 Å². The molecule has 0 radical (unpaired) electrons. The summed E-state index contributed by atoms with van der Waals surface area (Å²) in [5.41, 5.74) is 0. The van der Waals surface area contributed by atoms with E-state index in [1.807, 2.05) is 13.8 Å². The van der Waals surface area contributed by atoms with Crippen LogP contribution in [0.2, 0.25) is 0 Å². The van der Waals surface area contributed by atoms with Crippen LogP contribution in [0, 0.1) is 11.8 Å². The molecule has 0 aliphatic carbocycles. The van der Waals surface area contributed by atoms with E-state index in [9.17, 15) is 9.90 Å². The molecule has 0 spiro atoms. The predicted octanol–water partition coefficient (Wildman–Crippen LogP) is 2.61. The maximum Gasteiger partial charge on any atom is 0.312 e. The van der Waals surface area contributed by atoms with Gasteiger partial charge in [-0.1, -0.05) is 26.0 Å². The summed E-state index contributed by atoms with van der Waals surface area (Å²) in [6.45, 7) is 4.29. The van der Waals surface area contributed by atoms with Crippen LogP contribution in [0.15, 0.2) is 24.3 Å². The van der Waals surface area contributed by atoms with E-state index < -0.39 is 0 Å². The van der Waals surface area contributed by atoms with Gasteiger partial charge in [0.15, 0.2) is 11.5 Å². The fourth-order valence-electron chi connectivity index (χ4n) is 1.74. The predicted molar refractivity (Wildman–Crippen MR) is 68.6 cm³/mol. The molecule has 1 aromatic carbocycles. The lowest BCUT2D eigenvalue weighted by Crippen LogP contribution is -2.24. The monoisotopic (exact) mass is 252 g/mol. The molecule has 0 heterocycles. The number of para-hydroxylation sites is 2. The number of rotatable bonds is 6. The number of aromatic hydroxyl groups is 1. The minimum Gasteiger partial charge on any atom is -0.504 e. The number of benzene rings is 1. The lowest BCUT2D eigenvalue weighted by Gasteiger charge is -2.17. The highest BCUT2D eigenvalue weighted by atomic mass is 16.5. The first-order chi connectivity index (χ1) is 8.54. The number of phenolic OH excluding ortho intramolecular Hbond substituents is 1.